The Bertz CT molecular complexity index is 805. The number of aromatic amines is 1. The molecule has 0 bridgehead atoms. The SMILES string of the molecule is NC1=N[C@@H](c2cccnc2)[n+]2c([nH]c3ccccc32)N1. The lowest BCUT2D eigenvalue weighted by molar-refractivity contribution is -0.674. The van der Waals surface area contributed by atoms with Crippen molar-refractivity contribution in [3.63, 3.8) is 0 Å². The molecule has 1 aliphatic heterocycles. The van der Waals surface area contributed by atoms with E-state index in [0.717, 1.165) is 22.5 Å². The molecular formula is C14H13N6+. The lowest BCUT2D eigenvalue weighted by Crippen LogP contribution is -2.48. The van der Waals surface area contributed by atoms with Crippen molar-refractivity contribution in [1.29, 1.82) is 0 Å². The number of nitrogens with zero attached hydrogens (tertiary/aromatic N) is 3. The molecule has 1 aliphatic rings. The third kappa shape index (κ3) is 1.55. The van der Waals surface area contributed by atoms with Crippen molar-refractivity contribution in [2.45, 2.75) is 6.17 Å². The summed E-state index contributed by atoms with van der Waals surface area (Å²) in [4.78, 5) is 12.0. The number of aromatic nitrogens is 3. The van der Waals surface area contributed by atoms with Crippen molar-refractivity contribution in [2.24, 2.45) is 10.7 Å². The summed E-state index contributed by atoms with van der Waals surface area (Å²) >= 11 is 0. The van der Waals surface area contributed by atoms with Gasteiger partial charge in [0.25, 0.3) is 5.96 Å². The molecule has 0 spiro atoms. The summed E-state index contributed by atoms with van der Waals surface area (Å²) in [6.07, 6.45) is 3.35. The van der Waals surface area contributed by atoms with Crippen LogP contribution < -0.4 is 15.6 Å². The fraction of sp³-hybridized carbons (Fsp3) is 0.0714. The highest BCUT2D eigenvalue weighted by molar-refractivity contribution is 5.92. The standard InChI is InChI=1S/C14H12N6/c15-13-18-12(9-4-3-7-16-8-9)20-11-6-2-1-5-10(11)17-14(20)19-13/h1-8,12H,(H3,15,17,18,19)/p+1/t12-/m1/s1. The number of hydrogen-bond donors (Lipinski definition) is 3. The van der Waals surface area contributed by atoms with Gasteiger partial charge in [-0.15, -0.1) is 0 Å². The fourth-order valence-corrected chi connectivity index (χ4v) is 2.54. The predicted octanol–water partition coefficient (Wildman–Crippen LogP) is 1.14. The fourth-order valence-electron chi connectivity index (χ4n) is 2.54. The van der Waals surface area contributed by atoms with Crippen LogP contribution in [-0.4, -0.2) is 15.9 Å². The second kappa shape index (κ2) is 4.06. The molecule has 0 fully saturated rings. The summed E-state index contributed by atoms with van der Waals surface area (Å²) in [5.74, 6) is 1.22. The predicted molar refractivity (Wildman–Crippen MR) is 76.1 cm³/mol. The van der Waals surface area contributed by atoms with E-state index in [-0.39, 0.29) is 6.17 Å². The molecule has 0 amide bonds. The summed E-state index contributed by atoms with van der Waals surface area (Å²) in [6, 6.07) is 12.0. The van der Waals surface area contributed by atoms with Crippen molar-refractivity contribution in [2.75, 3.05) is 5.32 Å². The van der Waals surface area contributed by atoms with Gasteiger partial charge in [-0.25, -0.2) is 14.9 Å². The molecule has 20 heavy (non-hydrogen) atoms. The van der Waals surface area contributed by atoms with Crippen LogP contribution >= 0.6 is 0 Å². The van der Waals surface area contributed by atoms with E-state index in [1.165, 1.54) is 0 Å². The molecule has 1 atom stereocenters. The number of imidazole rings is 1. The molecule has 3 heterocycles. The van der Waals surface area contributed by atoms with E-state index in [9.17, 15) is 0 Å². The molecule has 0 saturated carbocycles. The number of rotatable bonds is 1. The van der Waals surface area contributed by atoms with Crippen LogP contribution in [0.1, 0.15) is 11.7 Å². The maximum Gasteiger partial charge on any atom is 0.365 e. The Morgan fingerprint density at radius 2 is 2.05 bits per heavy atom. The van der Waals surface area contributed by atoms with Gasteiger partial charge >= 0.3 is 5.95 Å². The molecule has 2 aromatic heterocycles. The summed E-state index contributed by atoms with van der Waals surface area (Å²) < 4.78 is 2.09. The molecule has 1 aromatic carbocycles. The summed E-state index contributed by atoms with van der Waals surface area (Å²) in [5, 5.41) is 3.06. The van der Waals surface area contributed by atoms with Gasteiger partial charge < -0.3 is 5.73 Å². The van der Waals surface area contributed by atoms with Crippen molar-refractivity contribution >= 4 is 22.9 Å². The number of benzene rings is 1. The van der Waals surface area contributed by atoms with Crippen molar-refractivity contribution < 1.29 is 4.57 Å². The molecule has 4 rings (SSSR count). The second-order valence-corrected chi connectivity index (χ2v) is 4.66. The van der Waals surface area contributed by atoms with Crippen LogP contribution in [0.2, 0.25) is 0 Å². The average molecular weight is 265 g/mol. The van der Waals surface area contributed by atoms with Gasteiger partial charge in [-0.3, -0.25) is 4.98 Å². The van der Waals surface area contributed by atoms with E-state index in [1.807, 2.05) is 36.5 Å². The molecule has 6 heteroatoms. The van der Waals surface area contributed by atoms with Crippen LogP contribution in [0.4, 0.5) is 5.95 Å². The minimum atomic E-state index is -0.212. The van der Waals surface area contributed by atoms with Crippen molar-refractivity contribution in [3.8, 4) is 0 Å². The summed E-state index contributed by atoms with van der Waals surface area (Å²) in [7, 11) is 0. The first kappa shape index (κ1) is 11.0. The van der Waals surface area contributed by atoms with Gasteiger partial charge in [-0.05, 0) is 18.2 Å². The Balaban J connectivity index is 1.98. The highest BCUT2D eigenvalue weighted by Gasteiger charge is 2.30. The number of nitrogens with two attached hydrogens (primary N) is 1. The highest BCUT2D eigenvalue weighted by atomic mass is 15.4. The number of guanidine groups is 1. The lowest BCUT2D eigenvalue weighted by atomic mass is 10.2. The largest absolute Gasteiger partial charge is 0.365 e. The van der Waals surface area contributed by atoms with Crippen LogP contribution in [0.15, 0.2) is 53.8 Å². The van der Waals surface area contributed by atoms with E-state index in [0.29, 0.717) is 5.96 Å². The number of aliphatic imine (C=N–C) groups is 1. The number of nitrogens with one attached hydrogen (secondary N) is 2. The van der Waals surface area contributed by atoms with E-state index >= 15 is 0 Å². The normalized spacial score (nSPS) is 17.4. The third-order valence-corrected chi connectivity index (χ3v) is 3.39. The van der Waals surface area contributed by atoms with Gasteiger partial charge in [0.15, 0.2) is 0 Å². The van der Waals surface area contributed by atoms with Gasteiger partial charge in [-0.1, -0.05) is 18.2 Å². The number of H-pyrrole nitrogens is 1. The van der Waals surface area contributed by atoms with Crippen LogP contribution in [0.3, 0.4) is 0 Å². The van der Waals surface area contributed by atoms with Crippen LogP contribution in [0, 0.1) is 0 Å². The maximum atomic E-state index is 5.88. The number of pyridine rings is 1. The van der Waals surface area contributed by atoms with Gasteiger partial charge in [0.05, 0.1) is 0 Å². The Morgan fingerprint density at radius 1 is 1.15 bits per heavy atom. The monoisotopic (exact) mass is 265 g/mol. The quantitative estimate of drug-likeness (QED) is 0.577. The molecule has 6 nitrogen and oxygen atoms in total. The molecule has 98 valence electrons. The molecule has 3 aromatic rings. The van der Waals surface area contributed by atoms with E-state index in [1.54, 1.807) is 6.20 Å². The van der Waals surface area contributed by atoms with Gasteiger partial charge in [0.2, 0.25) is 6.17 Å². The first-order valence-electron chi connectivity index (χ1n) is 6.35. The molecular weight excluding hydrogens is 252 g/mol. The third-order valence-electron chi connectivity index (χ3n) is 3.39. The van der Waals surface area contributed by atoms with Crippen LogP contribution in [-0.2, 0) is 0 Å². The van der Waals surface area contributed by atoms with E-state index in [2.05, 4.69) is 30.9 Å². The Hall–Kier alpha value is -2.89. The van der Waals surface area contributed by atoms with E-state index in [4.69, 9.17) is 5.73 Å². The Labute approximate surface area is 115 Å². The minimum Gasteiger partial charge on any atom is -0.357 e. The van der Waals surface area contributed by atoms with E-state index < -0.39 is 0 Å². The van der Waals surface area contributed by atoms with Gasteiger partial charge in [0, 0.05) is 18.0 Å². The highest BCUT2D eigenvalue weighted by Crippen LogP contribution is 2.23. The zero-order chi connectivity index (χ0) is 13.5. The average Bonchev–Trinajstić information content (AvgIpc) is 2.85. The van der Waals surface area contributed by atoms with Crippen LogP contribution in [0.25, 0.3) is 11.0 Å². The molecule has 0 radical (unpaired) electrons. The summed E-state index contributed by atoms with van der Waals surface area (Å²) in [5.41, 5.74) is 8.98. The first-order chi connectivity index (χ1) is 9.83. The minimum absolute atomic E-state index is 0.212. The zero-order valence-corrected chi connectivity index (χ0v) is 10.6. The number of hydrogen-bond acceptors (Lipinski definition) is 4. The lowest BCUT2D eigenvalue weighted by Gasteiger charge is -2.17. The molecule has 0 aliphatic carbocycles. The van der Waals surface area contributed by atoms with Crippen LogP contribution in [0.5, 0.6) is 0 Å². The molecule has 4 N–H and O–H groups in total. The number of para-hydroxylation sites is 2. The zero-order valence-electron chi connectivity index (χ0n) is 10.6. The Morgan fingerprint density at radius 3 is 2.90 bits per heavy atom. The molecule has 0 unspecified atom stereocenters. The van der Waals surface area contributed by atoms with Gasteiger partial charge in [0.1, 0.15) is 11.0 Å². The van der Waals surface area contributed by atoms with Crippen molar-refractivity contribution in [3.05, 3.63) is 54.4 Å². The van der Waals surface area contributed by atoms with Gasteiger partial charge in [-0.2, -0.15) is 4.99 Å². The first-order valence-corrected chi connectivity index (χ1v) is 6.35. The number of fused-ring (bicyclic) bond motifs is 3. The maximum absolute atomic E-state index is 5.88. The van der Waals surface area contributed by atoms with Crippen molar-refractivity contribution in [1.82, 2.24) is 9.97 Å². The second-order valence-electron chi connectivity index (χ2n) is 4.66. The topological polar surface area (TPSA) is 83.0 Å². The summed E-state index contributed by atoms with van der Waals surface area (Å²) in [6.45, 7) is 0. The smallest absolute Gasteiger partial charge is 0.357 e. The Kier molecular flexibility index (Phi) is 2.23. The number of anilines is 1. The molecule has 0 saturated heterocycles.